The zero-order valence-corrected chi connectivity index (χ0v) is 17.5. The molecule has 1 atom stereocenters. The van der Waals surface area contributed by atoms with Crippen LogP contribution in [0, 0.1) is 12.7 Å². The fraction of sp³-hybridized carbons (Fsp3) is 0.273. The van der Waals surface area contributed by atoms with Gasteiger partial charge in [0.1, 0.15) is 11.4 Å². The van der Waals surface area contributed by atoms with Crippen molar-refractivity contribution in [3.05, 3.63) is 69.1 Å². The molecule has 2 aromatic carbocycles. The summed E-state index contributed by atoms with van der Waals surface area (Å²) in [6, 6.07) is 8.81. The summed E-state index contributed by atoms with van der Waals surface area (Å²) in [6.45, 7) is 5.78. The molecular weight excluding hydrogens is 393 g/mol. The number of carbonyl (C=O) groups excluding carboxylic acids is 1. The van der Waals surface area contributed by atoms with E-state index in [0.29, 0.717) is 21.7 Å². The largest absolute Gasteiger partial charge is 0.465 e. The molecule has 0 aliphatic carbocycles. The number of ether oxygens (including phenoxy) is 1. The molecule has 152 valence electrons. The summed E-state index contributed by atoms with van der Waals surface area (Å²) in [4.78, 5) is 24.6. The number of aryl methyl sites for hydroxylation is 1. The van der Waals surface area contributed by atoms with E-state index in [1.165, 1.54) is 37.1 Å². The molecule has 5 nitrogen and oxygen atoms in total. The normalized spacial score (nSPS) is 12.0. The molecule has 0 radical (unpaired) electrons. The number of carbonyl (C=O) groups is 1. The van der Waals surface area contributed by atoms with Crippen molar-refractivity contribution in [2.45, 2.75) is 31.9 Å². The van der Waals surface area contributed by atoms with Gasteiger partial charge >= 0.3 is 5.97 Å². The number of hydrogen-bond acceptors (Lipinski definition) is 6. The average Bonchev–Trinajstić information content (AvgIpc) is 2.69. The van der Waals surface area contributed by atoms with E-state index in [0.717, 1.165) is 22.9 Å². The van der Waals surface area contributed by atoms with E-state index in [-0.39, 0.29) is 17.0 Å². The molecule has 0 amide bonds. The maximum absolute atomic E-state index is 13.6. The number of methoxy groups -OCH3 is 1. The van der Waals surface area contributed by atoms with Crippen molar-refractivity contribution in [2.24, 2.45) is 0 Å². The highest BCUT2D eigenvalue weighted by atomic mass is 32.2. The zero-order valence-electron chi connectivity index (χ0n) is 16.7. The first-order valence-electron chi connectivity index (χ1n) is 9.19. The van der Waals surface area contributed by atoms with Crippen molar-refractivity contribution in [3.63, 3.8) is 0 Å². The Kier molecular flexibility index (Phi) is 6.27. The van der Waals surface area contributed by atoms with Gasteiger partial charge in [-0.05, 0) is 49.4 Å². The van der Waals surface area contributed by atoms with E-state index >= 15 is 0 Å². The van der Waals surface area contributed by atoms with Crippen LogP contribution in [0.15, 0.2) is 50.7 Å². The van der Waals surface area contributed by atoms with Gasteiger partial charge < -0.3 is 14.5 Å². The molecule has 3 rings (SSSR count). The number of anilines is 1. The molecule has 3 aromatic rings. The molecule has 1 N–H and O–H groups in total. The van der Waals surface area contributed by atoms with Crippen LogP contribution >= 0.6 is 11.8 Å². The third-order valence-electron chi connectivity index (χ3n) is 4.49. The lowest BCUT2D eigenvalue weighted by molar-refractivity contribution is 0.0601. The van der Waals surface area contributed by atoms with Crippen LogP contribution in [0.1, 0.15) is 41.4 Å². The molecule has 0 saturated heterocycles. The smallest absolute Gasteiger partial charge is 0.340 e. The SMILES string of the molecule is CCSc1cc(=O)c2cc(C)cc(C(C)Nc3ccc(F)cc3C(=O)OC)c2o1. The Morgan fingerprint density at radius 3 is 2.72 bits per heavy atom. The number of halogens is 1. The van der Waals surface area contributed by atoms with Crippen molar-refractivity contribution in [1.29, 1.82) is 0 Å². The second-order valence-electron chi connectivity index (χ2n) is 6.64. The molecule has 29 heavy (non-hydrogen) atoms. The maximum atomic E-state index is 13.6. The van der Waals surface area contributed by atoms with Gasteiger partial charge in [-0.15, -0.1) is 0 Å². The average molecular weight is 415 g/mol. The quantitative estimate of drug-likeness (QED) is 0.435. The summed E-state index contributed by atoms with van der Waals surface area (Å²) in [5.41, 5.74) is 2.62. The molecule has 1 heterocycles. The van der Waals surface area contributed by atoms with E-state index in [1.54, 1.807) is 6.07 Å². The van der Waals surface area contributed by atoms with Gasteiger partial charge in [0.15, 0.2) is 10.5 Å². The highest BCUT2D eigenvalue weighted by Gasteiger charge is 2.19. The summed E-state index contributed by atoms with van der Waals surface area (Å²) >= 11 is 1.45. The minimum Gasteiger partial charge on any atom is -0.465 e. The van der Waals surface area contributed by atoms with Gasteiger partial charge in [0.2, 0.25) is 0 Å². The van der Waals surface area contributed by atoms with Gasteiger partial charge in [-0.2, -0.15) is 0 Å². The van der Waals surface area contributed by atoms with Gasteiger partial charge in [-0.25, -0.2) is 9.18 Å². The number of hydrogen-bond donors (Lipinski definition) is 1. The standard InChI is InChI=1S/C22H22FNO4S/c1-5-29-20-11-19(25)17-9-12(2)8-15(21(17)28-20)13(3)24-18-7-6-14(23)10-16(18)22(26)27-4/h6-11,13,24H,5H2,1-4H3. The van der Waals surface area contributed by atoms with E-state index in [1.807, 2.05) is 26.8 Å². The second-order valence-corrected chi connectivity index (χ2v) is 7.91. The Hall–Kier alpha value is -2.80. The number of benzene rings is 2. The first kappa shape index (κ1) is 20.9. The van der Waals surface area contributed by atoms with Crippen LogP contribution in [-0.4, -0.2) is 18.8 Å². The summed E-state index contributed by atoms with van der Waals surface area (Å²) in [7, 11) is 1.25. The van der Waals surface area contributed by atoms with Crippen LogP contribution in [0.25, 0.3) is 11.0 Å². The van der Waals surface area contributed by atoms with Crippen LogP contribution in [-0.2, 0) is 4.74 Å². The minimum atomic E-state index is -0.638. The lowest BCUT2D eigenvalue weighted by Crippen LogP contribution is -2.13. The monoisotopic (exact) mass is 415 g/mol. The summed E-state index contributed by atoms with van der Waals surface area (Å²) in [5, 5.41) is 4.28. The predicted molar refractivity (Wildman–Crippen MR) is 113 cm³/mol. The van der Waals surface area contributed by atoms with Crippen LogP contribution in [0.5, 0.6) is 0 Å². The van der Waals surface area contributed by atoms with Gasteiger partial charge in [0.25, 0.3) is 0 Å². The van der Waals surface area contributed by atoms with Crippen molar-refractivity contribution in [1.82, 2.24) is 0 Å². The van der Waals surface area contributed by atoms with E-state index < -0.39 is 11.8 Å². The van der Waals surface area contributed by atoms with Crippen LogP contribution in [0.3, 0.4) is 0 Å². The highest BCUT2D eigenvalue weighted by molar-refractivity contribution is 7.99. The molecule has 7 heteroatoms. The Balaban J connectivity index is 2.09. The number of nitrogens with one attached hydrogen (secondary N) is 1. The van der Waals surface area contributed by atoms with Gasteiger partial charge in [-0.1, -0.05) is 24.8 Å². The Labute approximate surface area is 172 Å². The Bertz CT molecular complexity index is 1130. The van der Waals surface area contributed by atoms with E-state index in [4.69, 9.17) is 9.15 Å². The van der Waals surface area contributed by atoms with Crippen molar-refractivity contribution < 1.29 is 18.3 Å². The molecule has 0 saturated carbocycles. The summed E-state index contributed by atoms with van der Waals surface area (Å²) in [5.74, 6) is -0.389. The number of fused-ring (bicyclic) bond motifs is 1. The van der Waals surface area contributed by atoms with Crippen LogP contribution in [0.2, 0.25) is 0 Å². The Morgan fingerprint density at radius 1 is 1.28 bits per heavy atom. The summed E-state index contributed by atoms with van der Waals surface area (Å²) < 4.78 is 24.4. The molecule has 1 aromatic heterocycles. The fourth-order valence-corrected chi connectivity index (χ4v) is 3.80. The van der Waals surface area contributed by atoms with E-state index in [9.17, 15) is 14.0 Å². The lowest BCUT2D eigenvalue weighted by atomic mass is 10.0. The predicted octanol–water partition coefficient (Wildman–Crippen LogP) is 5.31. The first-order chi connectivity index (χ1) is 13.8. The highest BCUT2D eigenvalue weighted by Crippen LogP contribution is 2.31. The van der Waals surface area contributed by atoms with Gasteiger partial charge in [0, 0.05) is 17.3 Å². The lowest BCUT2D eigenvalue weighted by Gasteiger charge is -2.19. The first-order valence-corrected chi connectivity index (χ1v) is 10.2. The van der Waals surface area contributed by atoms with Gasteiger partial charge in [-0.3, -0.25) is 4.79 Å². The van der Waals surface area contributed by atoms with Crippen LogP contribution in [0.4, 0.5) is 10.1 Å². The molecule has 0 fully saturated rings. The number of thioether (sulfide) groups is 1. The van der Waals surface area contributed by atoms with Gasteiger partial charge in [0.05, 0.1) is 24.1 Å². The molecule has 0 aliphatic rings. The van der Waals surface area contributed by atoms with E-state index in [2.05, 4.69) is 5.32 Å². The van der Waals surface area contributed by atoms with Crippen molar-refractivity contribution in [2.75, 3.05) is 18.2 Å². The topological polar surface area (TPSA) is 68.5 Å². The maximum Gasteiger partial charge on any atom is 0.340 e. The molecule has 0 bridgehead atoms. The fourth-order valence-electron chi connectivity index (χ4n) is 3.18. The third-order valence-corrected chi connectivity index (χ3v) is 5.27. The van der Waals surface area contributed by atoms with Crippen molar-refractivity contribution >= 4 is 34.4 Å². The number of esters is 1. The molecule has 0 spiro atoms. The third kappa shape index (κ3) is 4.45. The molecule has 1 unspecified atom stereocenters. The zero-order chi connectivity index (χ0) is 21.1. The van der Waals surface area contributed by atoms with Crippen molar-refractivity contribution in [3.8, 4) is 0 Å². The second kappa shape index (κ2) is 8.69. The number of rotatable bonds is 6. The molecule has 0 aliphatic heterocycles. The van der Waals surface area contributed by atoms with Crippen LogP contribution < -0.4 is 10.7 Å². The summed E-state index contributed by atoms with van der Waals surface area (Å²) in [6.07, 6.45) is 0. The minimum absolute atomic E-state index is 0.0972. The Morgan fingerprint density at radius 2 is 2.03 bits per heavy atom. The molecular formula is C22H22FNO4S.